The first-order valence-corrected chi connectivity index (χ1v) is 12.2. The summed E-state index contributed by atoms with van der Waals surface area (Å²) in [6.07, 6.45) is -0.266. The van der Waals surface area contributed by atoms with Crippen LogP contribution in [0.15, 0.2) is 59.7 Å². The van der Waals surface area contributed by atoms with Crippen LogP contribution in [0.5, 0.6) is 0 Å². The molecule has 3 aromatic carbocycles. The largest absolute Gasteiger partial charge is 0.448 e. The zero-order chi connectivity index (χ0) is 25.2. The molecule has 0 unspecified atom stereocenters. The summed E-state index contributed by atoms with van der Waals surface area (Å²) in [5.74, 6) is 0.0582. The topological polar surface area (TPSA) is 108 Å². The number of nitrogen functional groups attached to an aromatic ring is 1. The number of benzene rings is 3. The van der Waals surface area contributed by atoms with Crippen molar-refractivity contribution >= 4 is 17.5 Å². The molecule has 2 N–H and O–H groups in total. The van der Waals surface area contributed by atoms with Crippen LogP contribution in [-0.4, -0.2) is 48.7 Å². The molecule has 1 saturated heterocycles. The maximum Gasteiger partial charge on any atom is 0.409 e. The van der Waals surface area contributed by atoms with Crippen molar-refractivity contribution < 1.29 is 9.53 Å². The number of nitrogens with zero attached hydrogens (tertiary/aromatic N) is 5. The van der Waals surface area contributed by atoms with E-state index in [1.165, 1.54) is 22.3 Å². The summed E-state index contributed by atoms with van der Waals surface area (Å²) < 4.78 is 5.83. The van der Waals surface area contributed by atoms with Gasteiger partial charge in [-0.1, -0.05) is 53.6 Å². The fraction of sp³-hybridized carbons (Fsp3) is 0.321. The Hall–Kier alpha value is -4.00. The summed E-state index contributed by atoms with van der Waals surface area (Å²) >= 11 is 0. The monoisotopic (exact) mass is 482 g/mol. The van der Waals surface area contributed by atoms with Crippen LogP contribution in [0, 0.1) is 13.8 Å². The molecular weight excluding hydrogens is 452 g/mol. The number of hydrogen-bond donors (Lipinski definition) is 1. The predicted molar refractivity (Wildman–Crippen MR) is 141 cm³/mol. The fourth-order valence-corrected chi connectivity index (χ4v) is 5.30. The summed E-state index contributed by atoms with van der Waals surface area (Å²) in [6.45, 7) is 7.52. The number of ether oxygens (including phenoxy) is 1. The summed E-state index contributed by atoms with van der Waals surface area (Å²) in [7, 11) is 0. The number of hydrogen-bond acceptors (Lipinski definition) is 5. The van der Waals surface area contributed by atoms with Crippen LogP contribution in [0.3, 0.4) is 0 Å². The molecule has 0 aromatic heterocycles. The summed E-state index contributed by atoms with van der Waals surface area (Å²) in [5, 5.41) is 3.79. The predicted octanol–water partition coefficient (Wildman–Crippen LogP) is 5.89. The van der Waals surface area contributed by atoms with Crippen molar-refractivity contribution in [3.05, 3.63) is 92.9 Å². The molecule has 5 rings (SSSR count). The standard InChI is InChI=1S/C28H30N6O2/c1-18-20(15-26(31-32-30)19(2)27(18)29)16-33-11-13-34(14-12-33)28(35)36-17-25-23-9-5-3-7-21(23)22-8-4-6-10-24(22)25/h3-10,15,25H,11-14,16-17,29H2,1-2H3. The number of azide groups is 1. The SMILES string of the molecule is Cc1c(CN2CCN(C(=O)OCC3c4ccccc4-c4ccccc43)CC2)cc(N=[N+]=[N-])c(C)c1N. The maximum atomic E-state index is 12.9. The van der Waals surface area contributed by atoms with Gasteiger partial charge in [0.05, 0.1) is 0 Å². The molecule has 36 heavy (non-hydrogen) atoms. The minimum Gasteiger partial charge on any atom is -0.448 e. The Morgan fingerprint density at radius 3 is 2.25 bits per heavy atom. The van der Waals surface area contributed by atoms with Crippen molar-refractivity contribution in [2.45, 2.75) is 26.3 Å². The second-order valence-corrected chi connectivity index (χ2v) is 9.48. The first-order chi connectivity index (χ1) is 17.5. The van der Waals surface area contributed by atoms with Crippen LogP contribution in [0.25, 0.3) is 21.6 Å². The fourth-order valence-electron chi connectivity index (χ4n) is 5.30. The highest BCUT2D eigenvalue weighted by molar-refractivity contribution is 5.79. The Morgan fingerprint density at radius 2 is 1.64 bits per heavy atom. The van der Waals surface area contributed by atoms with Crippen molar-refractivity contribution in [1.82, 2.24) is 9.80 Å². The molecule has 184 valence electrons. The first-order valence-electron chi connectivity index (χ1n) is 12.2. The van der Waals surface area contributed by atoms with E-state index in [9.17, 15) is 4.79 Å². The molecule has 8 nitrogen and oxygen atoms in total. The highest BCUT2D eigenvalue weighted by atomic mass is 16.6. The third-order valence-electron chi connectivity index (χ3n) is 7.50. The number of nitrogens with two attached hydrogens (primary N) is 1. The zero-order valence-electron chi connectivity index (χ0n) is 20.6. The molecule has 0 radical (unpaired) electrons. The second kappa shape index (κ2) is 9.93. The molecular formula is C28H30N6O2. The Bertz CT molecular complexity index is 1310. The van der Waals surface area contributed by atoms with Crippen LogP contribution in [0.1, 0.15) is 33.7 Å². The second-order valence-electron chi connectivity index (χ2n) is 9.48. The highest BCUT2D eigenvalue weighted by Gasteiger charge is 2.30. The van der Waals surface area contributed by atoms with Crippen molar-refractivity contribution in [3.63, 3.8) is 0 Å². The minimum absolute atomic E-state index is 0.0582. The molecule has 3 aromatic rings. The van der Waals surface area contributed by atoms with Crippen molar-refractivity contribution in [2.75, 3.05) is 38.5 Å². The van der Waals surface area contributed by atoms with E-state index in [0.717, 1.165) is 29.8 Å². The van der Waals surface area contributed by atoms with Crippen LogP contribution in [-0.2, 0) is 11.3 Å². The summed E-state index contributed by atoms with van der Waals surface area (Å²) in [4.78, 5) is 19.9. The molecule has 1 aliphatic carbocycles. The Kier molecular flexibility index (Phi) is 6.55. The van der Waals surface area contributed by atoms with E-state index in [1.807, 2.05) is 44.2 Å². The summed E-state index contributed by atoms with van der Waals surface area (Å²) in [6, 6.07) is 18.6. The number of rotatable bonds is 5. The van der Waals surface area contributed by atoms with Gasteiger partial charge in [-0.3, -0.25) is 4.90 Å². The lowest BCUT2D eigenvalue weighted by Gasteiger charge is -2.34. The lowest BCUT2D eigenvalue weighted by molar-refractivity contribution is 0.0728. The number of amides is 1. The van der Waals surface area contributed by atoms with Gasteiger partial charge in [-0.2, -0.15) is 0 Å². The molecule has 0 saturated carbocycles. The van der Waals surface area contributed by atoms with Gasteiger partial charge in [0.25, 0.3) is 0 Å². The maximum absolute atomic E-state index is 12.9. The van der Waals surface area contributed by atoms with E-state index in [0.29, 0.717) is 37.6 Å². The molecule has 0 atom stereocenters. The van der Waals surface area contributed by atoms with Gasteiger partial charge < -0.3 is 15.4 Å². The Labute approximate surface area is 210 Å². The molecule has 2 aliphatic rings. The van der Waals surface area contributed by atoms with Crippen LogP contribution in [0.2, 0.25) is 0 Å². The number of fused-ring (bicyclic) bond motifs is 3. The number of piperazine rings is 1. The molecule has 8 heteroatoms. The molecule has 1 amide bonds. The van der Waals surface area contributed by atoms with Crippen molar-refractivity contribution in [1.29, 1.82) is 0 Å². The van der Waals surface area contributed by atoms with Gasteiger partial charge in [0.2, 0.25) is 0 Å². The van der Waals surface area contributed by atoms with Gasteiger partial charge in [0.15, 0.2) is 0 Å². The van der Waals surface area contributed by atoms with E-state index in [1.54, 1.807) is 4.90 Å². The van der Waals surface area contributed by atoms with Crippen LogP contribution >= 0.6 is 0 Å². The molecule has 0 spiro atoms. The van der Waals surface area contributed by atoms with Crippen LogP contribution in [0.4, 0.5) is 16.2 Å². The minimum atomic E-state index is -0.266. The first kappa shape index (κ1) is 23.7. The number of anilines is 1. The average Bonchev–Trinajstić information content (AvgIpc) is 3.23. The third-order valence-corrected chi connectivity index (χ3v) is 7.50. The van der Waals surface area contributed by atoms with E-state index < -0.39 is 0 Å². The third kappa shape index (κ3) is 4.37. The average molecular weight is 483 g/mol. The molecule has 1 heterocycles. The molecule has 0 bridgehead atoms. The summed E-state index contributed by atoms with van der Waals surface area (Å²) in [5.41, 5.74) is 24.0. The van der Waals surface area contributed by atoms with E-state index in [-0.39, 0.29) is 12.0 Å². The number of carbonyl (C=O) groups excluding carboxylic acids is 1. The van der Waals surface area contributed by atoms with Gasteiger partial charge in [0.1, 0.15) is 6.61 Å². The van der Waals surface area contributed by atoms with E-state index in [4.69, 9.17) is 16.0 Å². The molecule has 1 aliphatic heterocycles. The van der Waals surface area contributed by atoms with Crippen molar-refractivity contribution in [2.24, 2.45) is 5.11 Å². The van der Waals surface area contributed by atoms with Gasteiger partial charge in [0, 0.05) is 54.9 Å². The number of carbonyl (C=O) groups is 1. The quantitative estimate of drug-likeness (QED) is 0.212. The van der Waals surface area contributed by atoms with Gasteiger partial charge in [-0.25, -0.2) is 4.79 Å². The highest BCUT2D eigenvalue weighted by Crippen LogP contribution is 2.44. The lowest BCUT2D eigenvalue weighted by atomic mass is 9.98. The van der Waals surface area contributed by atoms with Gasteiger partial charge in [-0.15, -0.1) is 0 Å². The Balaban J connectivity index is 1.19. The van der Waals surface area contributed by atoms with Gasteiger partial charge >= 0.3 is 6.09 Å². The van der Waals surface area contributed by atoms with Crippen LogP contribution < -0.4 is 5.73 Å². The van der Waals surface area contributed by atoms with E-state index >= 15 is 0 Å². The zero-order valence-corrected chi connectivity index (χ0v) is 20.6. The lowest BCUT2D eigenvalue weighted by Crippen LogP contribution is -2.48. The van der Waals surface area contributed by atoms with Crippen molar-refractivity contribution in [3.8, 4) is 11.1 Å². The van der Waals surface area contributed by atoms with Gasteiger partial charge in [-0.05, 0) is 64.4 Å². The molecule has 1 fully saturated rings. The Morgan fingerprint density at radius 1 is 1.03 bits per heavy atom. The van der Waals surface area contributed by atoms with E-state index in [2.05, 4.69) is 39.2 Å². The normalized spacial score (nSPS) is 15.2. The smallest absolute Gasteiger partial charge is 0.409 e.